The number of fused-ring (bicyclic) bond motifs is 9. The number of para-hydroxylation sites is 3. The smallest absolute Gasteiger partial charge is 0.164 e. The van der Waals surface area contributed by atoms with E-state index in [4.69, 9.17) is 15.0 Å². The van der Waals surface area contributed by atoms with Crippen LogP contribution in [0.4, 0.5) is 0 Å². The number of hydrogen-bond acceptors (Lipinski definition) is 3. The second-order valence-electron chi connectivity index (χ2n) is 33.0. The van der Waals surface area contributed by atoms with Crippen LogP contribution in [0.1, 0.15) is 0 Å². The molecule has 4 aromatic heterocycles. The van der Waals surface area contributed by atoms with Gasteiger partial charge in [0.15, 0.2) is 17.5 Å². The number of nitrogens with zero attached hydrogens (tertiary/aromatic N) is 6. The Kier molecular flexibility index (Phi) is 19.9. The summed E-state index contributed by atoms with van der Waals surface area (Å²) in [6.07, 6.45) is 0. The molecule has 0 unspecified atom stereocenters. The third-order valence-corrected chi connectivity index (χ3v) is 25.1. The van der Waals surface area contributed by atoms with E-state index in [0.717, 1.165) is 78.2 Å². The minimum atomic E-state index is 0.610. The molecular weight excluding hydrogens is 1560 g/mol. The van der Waals surface area contributed by atoms with E-state index in [1.807, 2.05) is 18.2 Å². The van der Waals surface area contributed by atoms with Gasteiger partial charge in [-0.1, -0.05) is 352 Å². The summed E-state index contributed by atoms with van der Waals surface area (Å²) in [5.41, 5.74) is 36.7. The van der Waals surface area contributed by atoms with Crippen LogP contribution in [-0.2, 0) is 0 Å². The van der Waals surface area contributed by atoms with Crippen LogP contribution in [-0.4, -0.2) is 28.7 Å². The van der Waals surface area contributed by atoms with E-state index in [1.165, 1.54) is 132 Å². The van der Waals surface area contributed by atoms with Crippen LogP contribution in [0.25, 0.3) is 228 Å². The average molecular weight is 1640 g/mol. The van der Waals surface area contributed by atoms with Gasteiger partial charge in [-0.05, 0) is 257 Å². The molecule has 0 amide bonds. The predicted molar refractivity (Wildman–Crippen MR) is 540 cm³/mol. The molecule has 24 aromatic rings. The van der Waals surface area contributed by atoms with Crippen molar-refractivity contribution in [2.75, 3.05) is 0 Å². The van der Waals surface area contributed by atoms with Gasteiger partial charge in [0, 0.05) is 66.1 Å². The number of hydrogen-bond donors (Lipinski definition) is 0. The topological polar surface area (TPSA) is 53.5 Å². The first-order valence-electron chi connectivity index (χ1n) is 44.0. The highest BCUT2D eigenvalue weighted by molar-refractivity contribution is 6.18. The first-order chi connectivity index (χ1) is 63.9. The van der Waals surface area contributed by atoms with Crippen molar-refractivity contribution in [3.05, 3.63) is 497 Å². The van der Waals surface area contributed by atoms with Crippen molar-refractivity contribution in [1.82, 2.24) is 28.7 Å². The predicted octanol–water partition coefficient (Wildman–Crippen LogP) is 32.5. The van der Waals surface area contributed by atoms with E-state index in [9.17, 15) is 0 Å². The maximum absolute atomic E-state index is 5.27. The first kappa shape index (κ1) is 76.7. The van der Waals surface area contributed by atoms with Crippen molar-refractivity contribution in [3.63, 3.8) is 0 Å². The Morgan fingerprint density at radius 2 is 0.364 bits per heavy atom. The van der Waals surface area contributed by atoms with E-state index in [1.54, 1.807) is 0 Å². The highest BCUT2D eigenvalue weighted by Gasteiger charge is 2.23. The van der Waals surface area contributed by atoms with Crippen molar-refractivity contribution in [2.24, 2.45) is 0 Å². The van der Waals surface area contributed by atoms with E-state index >= 15 is 0 Å². The zero-order valence-electron chi connectivity index (χ0n) is 70.5. The quantitative estimate of drug-likeness (QED) is 0.0969. The standard InChI is InChI=1S/C63H42N4.C60H40N2/c1-6-19-43(20-7-1)48-35-36-58-57(42-48)60-56(33-18-34-59(60)67(58)55-31-14-5-15-32-55)49-28-17-30-51(38-49)63-65-61(46-25-12-4-13-26-46)64-62(66-63)50-29-16-27-47(37-50)54-40-52(44-21-8-2-9-22-44)39-53(41-54)45-23-10-3-11-24-45;1-5-16-41(17-6-1)45-28-31-59-55(38-45)56-40-47(30-33-60(56)61(59)51-23-11-4-12-24-51)46-29-32-58-54(39-46)53-26-13-14-27-57(53)62(58)52-25-15-22-44(37-52)50-35-48(42-18-7-2-8-19-42)34-49(36-50)43-20-9-3-10-21-43/h1-42H;1-40H. The molecular formula is C123H82N6. The lowest BCUT2D eigenvalue weighted by Crippen LogP contribution is -2.00. The van der Waals surface area contributed by atoms with Crippen molar-refractivity contribution >= 4 is 65.4 Å². The normalized spacial score (nSPS) is 11.4. The molecule has 4 heterocycles. The summed E-state index contributed by atoms with van der Waals surface area (Å²) in [6.45, 7) is 0. The minimum absolute atomic E-state index is 0.610. The fourth-order valence-corrected chi connectivity index (χ4v) is 18.9. The maximum atomic E-state index is 5.27. The molecule has 0 aliphatic heterocycles. The van der Waals surface area contributed by atoms with E-state index in [2.05, 4.69) is 493 Å². The SMILES string of the molecule is c1ccc(-c2cc(-c3ccccc3)cc(-c3cccc(-c4nc(-c5ccccc5)nc(-c5cccc(-c6cccc7c6c6cc(-c8ccccc8)ccc6n7-c6ccccc6)c5)n4)c3)c2)cc1.c1ccc(-c2cc(-c3ccccc3)cc(-c3cccc(-n4c5ccccc5c5cc(-c6ccc7c(c6)c6cc(-c8ccccc8)ccc6n7-c6ccccc6)ccc54)c3)c2)cc1. The van der Waals surface area contributed by atoms with Crippen LogP contribution in [0.2, 0.25) is 0 Å². The summed E-state index contributed by atoms with van der Waals surface area (Å²) >= 11 is 0. The van der Waals surface area contributed by atoms with E-state index in [-0.39, 0.29) is 0 Å². The van der Waals surface area contributed by atoms with Gasteiger partial charge in [0.05, 0.1) is 33.1 Å². The average Bonchev–Trinajstić information content (AvgIpc) is 1.59. The second-order valence-corrected chi connectivity index (χ2v) is 33.0. The molecule has 0 saturated carbocycles. The van der Waals surface area contributed by atoms with Gasteiger partial charge < -0.3 is 13.7 Å². The lowest BCUT2D eigenvalue weighted by Gasteiger charge is -2.14. The molecule has 0 N–H and O–H groups in total. The minimum Gasteiger partial charge on any atom is -0.309 e. The van der Waals surface area contributed by atoms with Crippen LogP contribution in [0, 0.1) is 0 Å². The lowest BCUT2D eigenvalue weighted by atomic mass is 9.93. The van der Waals surface area contributed by atoms with Gasteiger partial charge in [-0.3, -0.25) is 0 Å². The van der Waals surface area contributed by atoms with Crippen molar-refractivity contribution in [3.8, 4) is 162 Å². The zero-order valence-corrected chi connectivity index (χ0v) is 70.5. The zero-order chi connectivity index (χ0) is 85.5. The molecule has 0 bridgehead atoms. The van der Waals surface area contributed by atoms with Gasteiger partial charge in [-0.25, -0.2) is 15.0 Å². The van der Waals surface area contributed by atoms with Gasteiger partial charge in [0.1, 0.15) is 0 Å². The van der Waals surface area contributed by atoms with Crippen molar-refractivity contribution in [1.29, 1.82) is 0 Å². The van der Waals surface area contributed by atoms with Crippen LogP contribution >= 0.6 is 0 Å². The molecule has 0 fully saturated rings. The Bertz CT molecular complexity index is 8180. The fraction of sp³-hybridized carbons (Fsp3) is 0. The van der Waals surface area contributed by atoms with E-state index in [0.29, 0.717) is 17.5 Å². The summed E-state index contributed by atoms with van der Waals surface area (Å²) in [5.74, 6) is 1.84. The molecule has 20 aromatic carbocycles. The Morgan fingerprint density at radius 1 is 0.124 bits per heavy atom. The third-order valence-electron chi connectivity index (χ3n) is 25.1. The van der Waals surface area contributed by atoms with Crippen LogP contribution < -0.4 is 0 Å². The Morgan fingerprint density at radius 3 is 0.798 bits per heavy atom. The van der Waals surface area contributed by atoms with Gasteiger partial charge in [0.25, 0.3) is 0 Å². The summed E-state index contributed by atoms with van der Waals surface area (Å²) in [5, 5.41) is 7.35. The highest BCUT2D eigenvalue weighted by Crippen LogP contribution is 2.46. The Balaban J connectivity index is 0.000000148. The van der Waals surface area contributed by atoms with E-state index < -0.39 is 0 Å². The summed E-state index contributed by atoms with van der Waals surface area (Å²) in [4.78, 5) is 15.6. The Labute approximate surface area is 748 Å². The maximum Gasteiger partial charge on any atom is 0.164 e. The van der Waals surface area contributed by atoms with Gasteiger partial charge in [-0.2, -0.15) is 0 Å². The molecule has 0 saturated heterocycles. The number of aromatic nitrogens is 6. The highest BCUT2D eigenvalue weighted by atomic mass is 15.0. The van der Waals surface area contributed by atoms with Gasteiger partial charge in [-0.15, -0.1) is 0 Å². The molecule has 604 valence electrons. The molecule has 0 radical (unpaired) electrons. The van der Waals surface area contributed by atoms with Crippen LogP contribution in [0.15, 0.2) is 497 Å². The largest absolute Gasteiger partial charge is 0.309 e. The first-order valence-corrected chi connectivity index (χ1v) is 44.0. The van der Waals surface area contributed by atoms with Gasteiger partial charge in [0.2, 0.25) is 0 Å². The fourth-order valence-electron chi connectivity index (χ4n) is 18.9. The second kappa shape index (κ2) is 33.5. The number of benzene rings is 20. The number of rotatable bonds is 16. The third kappa shape index (κ3) is 14.8. The van der Waals surface area contributed by atoms with Gasteiger partial charge >= 0.3 is 0 Å². The molecule has 0 atom stereocenters. The molecule has 6 heteroatoms. The summed E-state index contributed by atoms with van der Waals surface area (Å²) in [7, 11) is 0. The molecule has 6 nitrogen and oxygen atoms in total. The molecule has 0 spiro atoms. The molecule has 129 heavy (non-hydrogen) atoms. The van der Waals surface area contributed by atoms with Crippen molar-refractivity contribution in [2.45, 2.75) is 0 Å². The van der Waals surface area contributed by atoms with Crippen LogP contribution in [0.3, 0.4) is 0 Å². The summed E-state index contributed by atoms with van der Waals surface area (Å²) in [6, 6.07) is 179. The van der Waals surface area contributed by atoms with Crippen LogP contribution in [0.5, 0.6) is 0 Å². The van der Waals surface area contributed by atoms with Crippen molar-refractivity contribution < 1.29 is 0 Å². The summed E-state index contributed by atoms with van der Waals surface area (Å²) < 4.78 is 7.21. The molecule has 0 aliphatic carbocycles. The molecule has 24 rings (SSSR count). The Hall–Kier alpha value is -17.2. The monoisotopic (exact) mass is 1640 g/mol. The lowest BCUT2D eigenvalue weighted by molar-refractivity contribution is 1.07. The molecule has 0 aliphatic rings.